The van der Waals surface area contributed by atoms with Gasteiger partial charge in [-0.15, -0.1) is 0 Å². The van der Waals surface area contributed by atoms with E-state index in [1.165, 1.54) is 0 Å². The molecule has 13 heavy (non-hydrogen) atoms. The van der Waals surface area contributed by atoms with Gasteiger partial charge in [0.25, 0.3) is 0 Å². The van der Waals surface area contributed by atoms with Crippen LogP contribution in [0.1, 0.15) is 17.5 Å². The van der Waals surface area contributed by atoms with Crippen LogP contribution in [0.5, 0.6) is 0 Å². The van der Waals surface area contributed by atoms with Crippen LogP contribution in [0, 0.1) is 23.7 Å². The summed E-state index contributed by atoms with van der Waals surface area (Å²) in [7, 11) is 0. The standard InChI is InChI=1S/C10H9BrN2/c1-7-6-8(11)2-3-9(7)10(13)4-5-12/h2-3,6,13H,4H2,1H3. The second-order valence-electron chi connectivity index (χ2n) is 2.77. The average Bonchev–Trinajstić information content (AvgIpc) is 2.04. The Morgan fingerprint density at radius 1 is 1.62 bits per heavy atom. The summed E-state index contributed by atoms with van der Waals surface area (Å²) in [6, 6.07) is 7.66. The van der Waals surface area contributed by atoms with E-state index in [1.807, 2.05) is 31.2 Å². The summed E-state index contributed by atoms with van der Waals surface area (Å²) < 4.78 is 0.999. The predicted molar refractivity (Wildman–Crippen MR) is 55.9 cm³/mol. The first-order valence-electron chi connectivity index (χ1n) is 3.86. The molecule has 1 aromatic rings. The van der Waals surface area contributed by atoms with Crippen molar-refractivity contribution in [2.45, 2.75) is 13.3 Å². The lowest BCUT2D eigenvalue weighted by molar-refractivity contribution is 1.31. The number of nitriles is 1. The molecule has 0 heterocycles. The van der Waals surface area contributed by atoms with Crippen molar-refractivity contribution in [3.8, 4) is 6.07 Å². The summed E-state index contributed by atoms with van der Waals surface area (Å²) in [5.41, 5.74) is 2.26. The van der Waals surface area contributed by atoms with E-state index in [0.717, 1.165) is 15.6 Å². The van der Waals surface area contributed by atoms with Crippen LogP contribution in [0.25, 0.3) is 0 Å². The van der Waals surface area contributed by atoms with Gasteiger partial charge in [-0.2, -0.15) is 5.26 Å². The molecular formula is C10H9BrN2. The van der Waals surface area contributed by atoms with E-state index in [0.29, 0.717) is 5.71 Å². The molecule has 1 aromatic carbocycles. The topological polar surface area (TPSA) is 47.6 Å². The highest BCUT2D eigenvalue weighted by atomic mass is 79.9. The molecule has 0 atom stereocenters. The molecule has 1 N–H and O–H groups in total. The number of benzene rings is 1. The van der Waals surface area contributed by atoms with Crippen LogP contribution in [-0.4, -0.2) is 5.71 Å². The van der Waals surface area contributed by atoms with Crippen molar-refractivity contribution in [1.82, 2.24) is 0 Å². The minimum absolute atomic E-state index is 0.169. The zero-order valence-corrected chi connectivity index (χ0v) is 8.85. The Balaban J connectivity index is 3.03. The quantitative estimate of drug-likeness (QED) is 0.789. The van der Waals surface area contributed by atoms with Crippen LogP contribution in [-0.2, 0) is 0 Å². The fraction of sp³-hybridized carbons (Fsp3) is 0.200. The molecule has 0 bridgehead atoms. The van der Waals surface area contributed by atoms with Crippen LogP contribution in [0.4, 0.5) is 0 Å². The van der Waals surface area contributed by atoms with Gasteiger partial charge in [-0.1, -0.05) is 22.0 Å². The Morgan fingerprint density at radius 3 is 2.85 bits per heavy atom. The number of hydrogen-bond acceptors (Lipinski definition) is 2. The fourth-order valence-electron chi connectivity index (χ4n) is 1.14. The first-order valence-corrected chi connectivity index (χ1v) is 4.65. The van der Waals surface area contributed by atoms with Gasteiger partial charge in [-0.25, -0.2) is 0 Å². The molecular weight excluding hydrogens is 228 g/mol. The lowest BCUT2D eigenvalue weighted by Gasteiger charge is -2.04. The van der Waals surface area contributed by atoms with E-state index < -0.39 is 0 Å². The van der Waals surface area contributed by atoms with Gasteiger partial charge in [-0.05, 0) is 30.2 Å². The van der Waals surface area contributed by atoms with E-state index in [4.69, 9.17) is 10.7 Å². The van der Waals surface area contributed by atoms with Crippen molar-refractivity contribution in [3.05, 3.63) is 33.8 Å². The highest BCUT2D eigenvalue weighted by molar-refractivity contribution is 9.10. The summed E-state index contributed by atoms with van der Waals surface area (Å²) in [5.74, 6) is 0. The third-order valence-corrected chi connectivity index (χ3v) is 2.26. The molecule has 0 aromatic heterocycles. The monoisotopic (exact) mass is 236 g/mol. The molecule has 3 heteroatoms. The minimum Gasteiger partial charge on any atom is -0.304 e. The second-order valence-corrected chi connectivity index (χ2v) is 3.69. The Hall–Kier alpha value is -1.14. The van der Waals surface area contributed by atoms with Crippen LogP contribution >= 0.6 is 15.9 Å². The molecule has 0 spiro atoms. The van der Waals surface area contributed by atoms with Gasteiger partial charge in [0.2, 0.25) is 0 Å². The molecule has 2 nitrogen and oxygen atoms in total. The van der Waals surface area contributed by atoms with Gasteiger partial charge < -0.3 is 5.41 Å². The third-order valence-electron chi connectivity index (χ3n) is 1.77. The third kappa shape index (κ3) is 2.40. The van der Waals surface area contributed by atoms with Gasteiger partial charge in [-0.3, -0.25) is 0 Å². The van der Waals surface area contributed by atoms with Crippen molar-refractivity contribution in [1.29, 1.82) is 10.7 Å². The van der Waals surface area contributed by atoms with Gasteiger partial charge >= 0.3 is 0 Å². The first kappa shape index (κ1) is 9.94. The van der Waals surface area contributed by atoms with Crippen molar-refractivity contribution in [2.75, 3.05) is 0 Å². The average molecular weight is 237 g/mol. The molecule has 0 radical (unpaired) electrons. The smallest absolute Gasteiger partial charge is 0.0773 e. The number of halogens is 1. The highest BCUT2D eigenvalue weighted by Crippen LogP contribution is 2.16. The first-order chi connectivity index (χ1) is 6.15. The molecule has 0 unspecified atom stereocenters. The molecule has 0 aliphatic carbocycles. The van der Waals surface area contributed by atoms with Gasteiger partial charge in [0.15, 0.2) is 0 Å². The van der Waals surface area contributed by atoms with E-state index in [-0.39, 0.29) is 6.42 Å². The van der Waals surface area contributed by atoms with E-state index in [2.05, 4.69) is 15.9 Å². The molecule has 0 fully saturated rings. The summed E-state index contributed by atoms with van der Waals surface area (Å²) in [6.07, 6.45) is 0.169. The van der Waals surface area contributed by atoms with Gasteiger partial charge in [0.05, 0.1) is 18.2 Å². The Labute approximate surface area is 85.8 Å². The molecule has 1 rings (SSSR count). The zero-order valence-electron chi connectivity index (χ0n) is 7.26. The fourth-order valence-corrected chi connectivity index (χ4v) is 1.62. The molecule has 0 aliphatic heterocycles. The summed E-state index contributed by atoms with van der Waals surface area (Å²) in [4.78, 5) is 0. The van der Waals surface area contributed by atoms with Crippen molar-refractivity contribution in [3.63, 3.8) is 0 Å². The zero-order chi connectivity index (χ0) is 9.84. The molecule has 0 saturated heterocycles. The van der Waals surface area contributed by atoms with E-state index in [9.17, 15) is 0 Å². The SMILES string of the molecule is Cc1cc(Br)ccc1C(=N)CC#N. The predicted octanol–water partition coefficient (Wildman–Crippen LogP) is 3.04. The number of hydrogen-bond donors (Lipinski definition) is 1. The largest absolute Gasteiger partial charge is 0.304 e. The molecule has 0 amide bonds. The van der Waals surface area contributed by atoms with Crippen molar-refractivity contribution >= 4 is 21.6 Å². The molecule has 0 saturated carbocycles. The lowest BCUT2D eigenvalue weighted by Crippen LogP contribution is -1.99. The van der Waals surface area contributed by atoms with Gasteiger partial charge in [0.1, 0.15) is 0 Å². The Bertz CT molecular complexity index is 377. The van der Waals surface area contributed by atoms with Crippen LogP contribution in [0.2, 0.25) is 0 Å². The molecule has 0 aliphatic rings. The second kappa shape index (κ2) is 4.20. The number of nitrogens with one attached hydrogen (secondary N) is 1. The maximum absolute atomic E-state index is 8.44. The van der Waals surface area contributed by atoms with E-state index >= 15 is 0 Å². The van der Waals surface area contributed by atoms with Crippen LogP contribution in [0.15, 0.2) is 22.7 Å². The number of aryl methyl sites for hydroxylation is 1. The summed E-state index contributed by atoms with van der Waals surface area (Å²) in [6.45, 7) is 1.94. The molecule has 66 valence electrons. The van der Waals surface area contributed by atoms with Crippen molar-refractivity contribution < 1.29 is 0 Å². The maximum Gasteiger partial charge on any atom is 0.0773 e. The lowest BCUT2D eigenvalue weighted by atomic mass is 10.0. The summed E-state index contributed by atoms with van der Waals surface area (Å²) >= 11 is 3.35. The van der Waals surface area contributed by atoms with Crippen LogP contribution in [0.3, 0.4) is 0 Å². The Morgan fingerprint density at radius 2 is 2.31 bits per heavy atom. The summed E-state index contributed by atoms with van der Waals surface area (Å²) in [5, 5.41) is 16.0. The van der Waals surface area contributed by atoms with Gasteiger partial charge in [0, 0.05) is 4.47 Å². The number of nitrogens with zero attached hydrogens (tertiary/aromatic N) is 1. The maximum atomic E-state index is 8.44. The Kier molecular flexibility index (Phi) is 3.21. The number of rotatable bonds is 2. The van der Waals surface area contributed by atoms with E-state index in [1.54, 1.807) is 0 Å². The van der Waals surface area contributed by atoms with Crippen LogP contribution < -0.4 is 0 Å². The normalized spacial score (nSPS) is 9.31. The minimum atomic E-state index is 0.169. The highest BCUT2D eigenvalue weighted by Gasteiger charge is 2.04. The van der Waals surface area contributed by atoms with Crippen molar-refractivity contribution in [2.24, 2.45) is 0 Å².